The topological polar surface area (TPSA) is 38.7 Å². The number of fused-ring (bicyclic) bond motifs is 1. The van der Waals surface area contributed by atoms with E-state index in [1.165, 1.54) is 17.8 Å². The first-order valence-corrected chi connectivity index (χ1v) is 7.05. The molecule has 1 aliphatic rings. The van der Waals surface area contributed by atoms with Crippen molar-refractivity contribution < 1.29 is 19.0 Å². The van der Waals surface area contributed by atoms with E-state index in [1.807, 2.05) is 18.2 Å². The van der Waals surface area contributed by atoms with E-state index in [1.54, 1.807) is 12.1 Å². The maximum atomic E-state index is 13.6. The lowest BCUT2D eigenvalue weighted by Crippen LogP contribution is -2.15. The van der Waals surface area contributed by atoms with Gasteiger partial charge in [0.1, 0.15) is 19.0 Å². The van der Waals surface area contributed by atoms with Gasteiger partial charge in [-0.25, -0.2) is 4.39 Å². The second-order valence-electron chi connectivity index (χ2n) is 4.28. The van der Waals surface area contributed by atoms with Gasteiger partial charge in [-0.2, -0.15) is 0 Å². The average molecular weight is 292 g/mol. The Bertz CT molecular complexity index is 631. The average Bonchev–Trinajstić information content (AvgIpc) is 2.47. The molecule has 5 heteroatoms. The molecule has 1 N–H and O–H groups in total. The lowest BCUT2D eigenvalue weighted by molar-refractivity contribution is 0.171. The van der Waals surface area contributed by atoms with Crippen LogP contribution in [0.1, 0.15) is 5.56 Å². The molecule has 0 saturated heterocycles. The van der Waals surface area contributed by atoms with E-state index in [2.05, 4.69) is 0 Å². The van der Waals surface area contributed by atoms with Gasteiger partial charge in [0.15, 0.2) is 11.5 Å². The predicted molar refractivity (Wildman–Crippen MR) is 73.9 cm³/mol. The molecule has 2 aromatic rings. The van der Waals surface area contributed by atoms with Gasteiger partial charge in [-0.15, -0.1) is 0 Å². The molecule has 0 aliphatic carbocycles. The number of aliphatic hydroxyl groups excluding tert-OH is 1. The van der Waals surface area contributed by atoms with Gasteiger partial charge in [0, 0.05) is 15.4 Å². The summed E-state index contributed by atoms with van der Waals surface area (Å²) in [5, 5.41) is 9.27. The summed E-state index contributed by atoms with van der Waals surface area (Å²) in [7, 11) is 0. The van der Waals surface area contributed by atoms with Crippen LogP contribution in [0.15, 0.2) is 46.2 Å². The van der Waals surface area contributed by atoms with Crippen LogP contribution in [-0.2, 0) is 6.61 Å². The zero-order valence-corrected chi connectivity index (χ0v) is 11.5. The van der Waals surface area contributed by atoms with Crippen LogP contribution in [0, 0.1) is 5.82 Å². The Hall–Kier alpha value is -1.72. The number of hydrogen-bond donors (Lipinski definition) is 1. The Kier molecular flexibility index (Phi) is 3.80. The molecule has 0 unspecified atom stereocenters. The SMILES string of the molecule is OCc1c(F)cccc1Sc1ccc2c(c1)OCCO2. The molecule has 104 valence electrons. The molecule has 0 bridgehead atoms. The number of ether oxygens (including phenoxy) is 2. The third-order valence-corrected chi connectivity index (χ3v) is 4.07. The van der Waals surface area contributed by atoms with E-state index >= 15 is 0 Å². The molecule has 1 aliphatic heterocycles. The monoisotopic (exact) mass is 292 g/mol. The third-order valence-electron chi connectivity index (χ3n) is 2.98. The molecule has 3 nitrogen and oxygen atoms in total. The molecule has 0 saturated carbocycles. The maximum absolute atomic E-state index is 13.6. The minimum atomic E-state index is -0.393. The summed E-state index contributed by atoms with van der Waals surface area (Å²) in [6.07, 6.45) is 0. The molecule has 0 spiro atoms. The Morgan fingerprint density at radius 2 is 1.90 bits per heavy atom. The Balaban J connectivity index is 1.90. The molecular formula is C15H13FO3S. The zero-order valence-electron chi connectivity index (χ0n) is 10.6. The van der Waals surface area contributed by atoms with Crippen molar-refractivity contribution in [2.24, 2.45) is 0 Å². The van der Waals surface area contributed by atoms with Gasteiger partial charge >= 0.3 is 0 Å². The van der Waals surface area contributed by atoms with E-state index in [-0.39, 0.29) is 6.61 Å². The minimum absolute atomic E-state index is 0.312. The van der Waals surface area contributed by atoms with Crippen LogP contribution in [0.2, 0.25) is 0 Å². The van der Waals surface area contributed by atoms with Crippen molar-refractivity contribution in [1.82, 2.24) is 0 Å². The van der Waals surface area contributed by atoms with Gasteiger partial charge in [-0.1, -0.05) is 17.8 Å². The van der Waals surface area contributed by atoms with Gasteiger partial charge in [0.2, 0.25) is 0 Å². The molecule has 0 amide bonds. The van der Waals surface area contributed by atoms with E-state index in [4.69, 9.17) is 9.47 Å². The summed E-state index contributed by atoms with van der Waals surface area (Å²) in [4.78, 5) is 1.61. The van der Waals surface area contributed by atoms with Crippen LogP contribution in [0.4, 0.5) is 4.39 Å². The summed E-state index contributed by atoms with van der Waals surface area (Å²) in [5.41, 5.74) is 0.312. The molecule has 0 atom stereocenters. The highest BCUT2D eigenvalue weighted by molar-refractivity contribution is 7.99. The standard InChI is InChI=1S/C15H13FO3S/c16-12-2-1-3-15(11(12)9-17)20-10-4-5-13-14(8-10)19-7-6-18-13/h1-5,8,17H,6-7,9H2. The van der Waals surface area contributed by atoms with Crippen LogP contribution < -0.4 is 9.47 Å². The molecule has 1 heterocycles. The van der Waals surface area contributed by atoms with Crippen LogP contribution in [0.5, 0.6) is 11.5 Å². The molecule has 0 fully saturated rings. The Morgan fingerprint density at radius 1 is 1.10 bits per heavy atom. The highest BCUT2D eigenvalue weighted by Gasteiger charge is 2.14. The van der Waals surface area contributed by atoms with Crippen LogP contribution >= 0.6 is 11.8 Å². The quantitative estimate of drug-likeness (QED) is 0.942. The first-order chi connectivity index (χ1) is 9.78. The molecule has 3 rings (SSSR count). The Morgan fingerprint density at radius 3 is 2.70 bits per heavy atom. The predicted octanol–water partition coefficient (Wildman–Crippen LogP) is 3.24. The normalized spacial score (nSPS) is 13.3. The molecular weight excluding hydrogens is 279 g/mol. The second-order valence-corrected chi connectivity index (χ2v) is 5.40. The van der Waals surface area contributed by atoms with Crippen LogP contribution in [-0.4, -0.2) is 18.3 Å². The zero-order chi connectivity index (χ0) is 13.9. The number of aliphatic hydroxyl groups is 1. The van der Waals surface area contributed by atoms with Crippen molar-refractivity contribution in [2.75, 3.05) is 13.2 Å². The van der Waals surface area contributed by atoms with Gasteiger partial charge in [0.25, 0.3) is 0 Å². The highest BCUT2D eigenvalue weighted by Crippen LogP contribution is 2.38. The van der Waals surface area contributed by atoms with Crippen molar-refractivity contribution in [2.45, 2.75) is 16.4 Å². The second kappa shape index (κ2) is 5.73. The van der Waals surface area contributed by atoms with E-state index in [0.717, 1.165) is 10.6 Å². The highest BCUT2D eigenvalue weighted by atomic mass is 32.2. The third kappa shape index (κ3) is 2.59. The van der Waals surface area contributed by atoms with Crippen LogP contribution in [0.25, 0.3) is 0 Å². The molecule has 0 radical (unpaired) electrons. The van der Waals surface area contributed by atoms with Crippen molar-refractivity contribution >= 4 is 11.8 Å². The maximum Gasteiger partial charge on any atom is 0.162 e. The van der Waals surface area contributed by atoms with Crippen molar-refractivity contribution in [3.63, 3.8) is 0 Å². The summed E-state index contributed by atoms with van der Waals surface area (Å²) in [6.45, 7) is 0.764. The van der Waals surface area contributed by atoms with Gasteiger partial charge < -0.3 is 14.6 Å². The summed E-state index contributed by atoms with van der Waals surface area (Å²) < 4.78 is 24.6. The number of benzene rings is 2. The van der Waals surface area contributed by atoms with Gasteiger partial charge in [0.05, 0.1) is 6.61 Å². The minimum Gasteiger partial charge on any atom is -0.486 e. The summed E-state index contributed by atoms with van der Waals surface area (Å²) >= 11 is 1.39. The fourth-order valence-electron chi connectivity index (χ4n) is 2.00. The largest absolute Gasteiger partial charge is 0.486 e. The summed E-state index contributed by atoms with van der Waals surface area (Å²) in [5.74, 6) is 1.03. The number of hydrogen-bond acceptors (Lipinski definition) is 4. The molecule has 20 heavy (non-hydrogen) atoms. The lowest BCUT2D eigenvalue weighted by atomic mass is 10.2. The fourth-order valence-corrected chi connectivity index (χ4v) is 2.99. The van der Waals surface area contributed by atoms with Gasteiger partial charge in [-0.05, 0) is 30.3 Å². The van der Waals surface area contributed by atoms with Crippen LogP contribution in [0.3, 0.4) is 0 Å². The number of halogens is 1. The van der Waals surface area contributed by atoms with Gasteiger partial charge in [-0.3, -0.25) is 0 Å². The lowest BCUT2D eigenvalue weighted by Gasteiger charge is -2.19. The molecule has 0 aromatic heterocycles. The first-order valence-electron chi connectivity index (χ1n) is 6.23. The van der Waals surface area contributed by atoms with E-state index in [9.17, 15) is 9.50 Å². The first kappa shape index (κ1) is 13.3. The smallest absolute Gasteiger partial charge is 0.162 e. The van der Waals surface area contributed by atoms with Crippen molar-refractivity contribution in [1.29, 1.82) is 0 Å². The van der Waals surface area contributed by atoms with E-state index in [0.29, 0.717) is 29.4 Å². The fraction of sp³-hybridized carbons (Fsp3) is 0.200. The van der Waals surface area contributed by atoms with Crippen molar-refractivity contribution in [3.8, 4) is 11.5 Å². The van der Waals surface area contributed by atoms with Crippen molar-refractivity contribution in [3.05, 3.63) is 47.8 Å². The Labute approximate surface area is 120 Å². The van der Waals surface area contributed by atoms with E-state index < -0.39 is 5.82 Å². The summed E-state index contributed by atoms with van der Waals surface area (Å²) in [6, 6.07) is 10.4. The number of rotatable bonds is 3. The molecule has 2 aromatic carbocycles.